The van der Waals surface area contributed by atoms with Crippen molar-refractivity contribution >= 4 is 23.4 Å². The molecule has 0 bridgehead atoms. The van der Waals surface area contributed by atoms with Crippen LogP contribution in [-0.4, -0.2) is 42.5 Å². The van der Waals surface area contributed by atoms with Crippen LogP contribution in [0.3, 0.4) is 0 Å². The molecule has 1 aliphatic carbocycles. The molecule has 0 spiro atoms. The van der Waals surface area contributed by atoms with Gasteiger partial charge in [-0.3, -0.25) is 9.59 Å². The Morgan fingerprint density at radius 1 is 1.10 bits per heavy atom. The molecule has 6 heteroatoms. The van der Waals surface area contributed by atoms with Gasteiger partial charge in [0.1, 0.15) is 5.75 Å². The van der Waals surface area contributed by atoms with Crippen molar-refractivity contribution in [2.75, 3.05) is 19.7 Å². The smallest absolute Gasteiger partial charge is 0.255 e. The summed E-state index contributed by atoms with van der Waals surface area (Å²) >= 11 is 6.19. The van der Waals surface area contributed by atoms with Crippen molar-refractivity contribution in [1.29, 1.82) is 0 Å². The van der Waals surface area contributed by atoms with E-state index in [-0.39, 0.29) is 17.7 Å². The lowest BCUT2D eigenvalue weighted by Crippen LogP contribution is -2.41. The largest absolute Gasteiger partial charge is 0.493 e. The molecular weight excluding hydrogens is 388 g/mol. The van der Waals surface area contributed by atoms with Crippen LogP contribution in [0.1, 0.15) is 46.4 Å². The summed E-state index contributed by atoms with van der Waals surface area (Å²) in [7, 11) is 0. The minimum atomic E-state index is -0.0490. The van der Waals surface area contributed by atoms with E-state index in [1.165, 1.54) is 0 Å². The van der Waals surface area contributed by atoms with Gasteiger partial charge < -0.3 is 15.0 Å². The number of carbonyl (C=O) groups excluding carboxylic acids is 2. The van der Waals surface area contributed by atoms with Gasteiger partial charge in [0.2, 0.25) is 0 Å². The van der Waals surface area contributed by atoms with Gasteiger partial charge in [0.15, 0.2) is 0 Å². The molecule has 1 N–H and O–H groups in total. The minimum Gasteiger partial charge on any atom is -0.493 e. The third-order valence-corrected chi connectivity index (χ3v) is 5.73. The van der Waals surface area contributed by atoms with Crippen molar-refractivity contribution in [2.24, 2.45) is 5.92 Å². The first-order chi connectivity index (χ1) is 14.1. The van der Waals surface area contributed by atoms with Gasteiger partial charge in [0.05, 0.1) is 17.2 Å². The quantitative estimate of drug-likeness (QED) is 0.774. The molecule has 1 aliphatic heterocycles. The molecule has 0 radical (unpaired) electrons. The normalized spacial score (nSPS) is 18.9. The van der Waals surface area contributed by atoms with Gasteiger partial charge in [-0.2, -0.15) is 0 Å². The van der Waals surface area contributed by atoms with Crippen molar-refractivity contribution in [3.8, 4) is 5.75 Å². The van der Waals surface area contributed by atoms with Crippen LogP contribution in [0.15, 0.2) is 48.5 Å². The first-order valence-electron chi connectivity index (χ1n) is 10.2. The first kappa shape index (κ1) is 19.8. The van der Waals surface area contributed by atoms with Crippen LogP contribution < -0.4 is 10.1 Å². The Labute approximate surface area is 176 Å². The van der Waals surface area contributed by atoms with E-state index in [0.717, 1.165) is 32.2 Å². The van der Waals surface area contributed by atoms with Gasteiger partial charge in [0.25, 0.3) is 11.8 Å². The number of likely N-dealkylation sites (tertiary alicyclic amines) is 1. The summed E-state index contributed by atoms with van der Waals surface area (Å²) in [5.74, 6) is 0.855. The number of hydrogen-bond donors (Lipinski definition) is 1. The number of halogens is 1. The van der Waals surface area contributed by atoms with E-state index in [1.54, 1.807) is 24.3 Å². The summed E-state index contributed by atoms with van der Waals surface area (Å²) in [6, 6.07) is 14.8. The molecule has 4 rings (SSSR count). The molecule has 2 aliphatic rings. The molecule has 1 heterocycles. The van der Waals surface area contributed by atoms with E-state index in [4.69, 9.17) is 16.3 Å². The van der Waals surface area contributed by atoms with E-state index in [9.17, 15) is 9.59 Å². The molecular formula is C23H25ClN2O3. The van der Waals surface area contributed by atoms with Crippen LogP contribution >= 0.6 is 11.6 Å². The highest BCUT2D eigenvalue weighted by atomic mass is 35.5. The third-order valence-electron chi connectivity index (χ3n) is 5.40. The van der Waals surface area contributed by atoms with Crippen LogP contribution in [-0.2, 0) is 0 Å². The number of benzene rings is 2. The zero-order valence-corrected chi connectivity index (χ0v) is 17.0. The highest BCUT2D eigenvalue weighted by Gasteiger charge is 2.26. The predicted molar refractivity (Wildman–Crippen MR) is 113 cm³/mol. The maximum Gasteiger partial charge on any atom is 0.255 e. The van der Waals surface area contributed by atoms with Crippen LogP contribution in [0.25, 0.3) is 0 Å². The van der Waals surface area contributed by atoms with E-state index in [2.05, 4.69) is 5.32 Å². The molecule has 2 aromatic carbocycles. The maximum absolute atomic E-state index is 12.8. The van der Waals surface area contributed by atoms with Crippen molar-refractivity contribution in [3.63, 3.8) is 0 Å². The van der Waals surface area contributed by atoms with E-state index < -0.39 is 0 Å². The number of ether oxygens (including phenoxy) is 1. The number of amides is 2. The Morgan fingerprint density at radius 3 is 2.72 bits per heavy atom. The average molecular weight is 413 g/mol. The summed E-state index contributed by atoms with van der Waals surface area (Å²) in [5, 5.41) is 3.48. The number of nitrogens with zero attached hydrogens (tertiary/aromatic N) is 1. The second kappa shape index (κ2) is 8.87. The van der Waals surface area contributed by atoms with Crippen LogP contribution in [0.4, 0.5) is 0 Å². The van der Waals surface area contributed by atoms with Gasteiger partial charge in [-0.15, -0.1) is 0 Å². The van der Waals surface area contributed by atoms with Gasteiger partial charge in [0, 0.05) is 30.6 Å². The van der Waals surface area contributed by atoms with Crippen LogP contribution in [0, 0.1) is 5.92 Å². The maximum atomic E-state index is 12.8. The Hall–Kier alpha value is -2.53. The van der Waals surface area contributed by atoms with E-state index in [0.29, 0.717) is 41.1 Å². The monoisotopic (exact) mass is 412 g/mol. The second-order valence-electron chi connectivity index (χ2n) is 7.83. The molecule has 2 aromatic rings. The van der Waals surface area contributed by atoms with Crippen LogP contribution in [0.2, 0.25) is 5.02 Å². The molecule has 1 saturated carbocycles. The SMILES string of the molecule is O=C(NC1CC1)c1cccc(OC[C@H]2CCCN(C(=O)c3ccccc3Cl)C2)c1. The summed E-state index contributed by atoms with van der Waals surface area (Å²) < 4.78 is 5.97. The molecule has 1 saturated heterocycles. The minimum absolute atomic E-state index is 0.0287. The molecule has 5 nitrogen and oxygen atoms in total. The Kier molecular flexibility index (Phi) is 6.05. The molecule has 29 heavy (non-hydrogen) atoms. The average Bonchev–Trinajstić information content (AvgIpc) is 3.56. The molecule has 152 valence electrons. The van der Waals surface area contributed by atoms with Crippen molar-refractivity contribution in [3.05, 3.63) is 64.7 Å². The van der Waals surface area contributed by atoms with Crippen molar-refractivity contribution in [1.82, 2.24) is 10.2 Å². The van der Waals surface area contributed by atoms with Crippen molar-refractivity contribution in [2.45, 2.75) is 31.7 Å². The second-order valence-corrected chi connectivity index (χ2v) is 8.23. The summed E-state index contributed by atoms with van der Waals surface area (Å²) in [5.41, 5.74) is 1.17. The highest BCUT2D eigenvalue weighted by molar-refractivity contribution is 6.33. The van der Waals surface area contributed by atoms with Gasteiger partial charge in [-0.1, -0.05) is 29.8 Å². The summed E-state index contributed by atoms with van der Waals surface area (Å²) in [6.45, 7) is 1.89. The fourth-order valence-corrected chi connectivity index (χ4v) is 3.84. The van der Waals surface area contributed by atoms with Gasteiger partial charge in [-0.05, 0) is 56.0 Å². The fourth-order valence-electron chi connectivity index (χ4n) is 3.63. The zero-order chi connectivity index (χ0) is 20.2. The van der Waals surface area contributed by atoms with E-state index in [1.807, 2.05) is 29.2 Å². The molecule has 0 aromatic heterocycles. The third kappa shape index (κ3) is 5.10. The highest BCUT2D eigenvalue weighted by Crippen LogP contribution is 2.24. The predicted octanol–water partition coefficient (Wildman–Crippen LogP) is 4.16. The summed E-state index contributed by atoms with van der Waals surface area (Å²) in [6.07, 6.45) is 4.07. The number of hydrogen-bond acceptors (Lipinski definition) is 3. The lowest BCUT2D eigenvalue weighted by molar-refractivity contribution is 0.0633. The zero-order valence-electron chi connectivity index (χ0n) is 16.3. The number of carbonyl (C=O) groups is 2. The Balaban J connectivity index is 1.33. The Morgan fingerprint density at radius 2 is 1.93 bits per heavy atom. The molecule has 0 unspecified atom stereocenters. The fraction of sp³-hybridized carbons (Fsp3) is 0.391. The van der Waals surface area contributed by atoms with Crippen molar-refractivity contribution < 1.29 is 14.3 Å². The van der Waals surface area contributed by atoms with E-state index >= 15 is 0 Å². The number of piperidine rings is 1. The van der Waals surface area contributed by atoms with Gasteiger partial charge in [-0.25, -0.2) is 0 Å². The number of rotatable bonds is 6. The number of nitrogens with one attached hydrogen (secondary N) is 1. The first-order valence-corrected chi connectivity index (χ1v) is 10.6. The van der Waals surface area contributed by atoms with Gasteiger partial charge >= 0.3 is 0 Å². The molecule has 2 fully saturated rings. The summed E-state index contributed by atoms with van der Waals surface area (Å²) in [4.78, 5) is 26.9. The molecule has 1 atom stereocenters. The van der Waals surface area contributed by atoms with Crippen LogP contribution in [0.5, 0.6) is 5.75 Å². The lowest BCUT2D eigenvalue weighted by atomic mass is 9.98. The topological polar surface area (TPSA) is 58.6 Å². The molecule has 2 amide bonds. The standard InChI is InChI=1S/C23H25ClN2O3/c24-21-9-2-1-8-20(21)23(28)26-12-4-5-16(14-26)15-29-19-7-3-6-17(13-19)22(27)25-18-10-11-18/h1-3,6-9,13,16,18H,4-5,10-12,14-15H2,(H,25,27)/t16-/m0/s1. The lowest BCUT2D eigenvalue weighted by Gasteiger charge is -2.33. The Bertz CT molecular complexity index is 897.